The van der Waals surface area contributed by atoms with E-state index in [0.717, 1.165) is 16.2 Å². The third-order valence-electron chi connectivity index (χ3n) is 1.32. The Hall–Kier alpha value is -1.35. The number of hydrogen-bond donors (Lipinski definition) is 2. The van der Waals surface area contributed by atoms with Crippen LogP contribution < -0.4 is 11.5 Å². The van der Waals surface area contributed by atoms with Crippen LogP contribution in [0.1, 0.15) is 6.92 Å². The van der Waals surface area contributed by atoms with Crippen LogP contribution in [0.2, 0.25) is 0 Å². The Balaban J connectivity index is 4.48. The van der Waals surface area contributed by atoms with E-state index in [4.69, 9.17) is 11.5 Å². The molecule has 0 heterocycles. The summed E-state index contributed by atoms with van der Waals surface area (Å²) in [6.45, 7) is 9.42. The monoisotopic (exact) mass is 208 g/mol. The van der Waals surface area contributed by atoms with Crippen molar-refractivity contribution in [1.29, 1.82) is 0 Å². The molecule has 3 heteroatoms. The fourth-order valence-corrected chi connectivity index (χ4v) is 1.28. The van der Waals surface area contributed by atoms with Crippen molar-refractivity contribution in [1.82, 2.24) is 0 Å². The molecule has 76 valence electrons. The van der Waals surface area contributed by atoms with E-state index in [-0.39, 0.29) is 0 Å². The zero-order valence-corrected chi connectivity index (χ0v) is 9.18. The molecule has 0 unspecified atom stereocenters. The predicted octanol–water partition coefficient (Wildman–Crippen LogP) is 2.64. The van der Waals surface area contributed by atoms with E-state index in [0.29, 0.717) is 0 Å². The first-order valence-electron chi connectivity index (χ1n) is 4.11. The number of hydrogen-bond acceptors (Lipinski definition) is 3. The lowest BCUT2D eigenvalue weighted by molar-refractivity contribution is 1.33. The molecule has 0 rings (SSSR count). The van der Waals surface area contributed by atoms with Crippen molar-refractivity contribution in [2.24, 2.45) is 11.5 Å². The summed E-state index contributed by atoms with van der Waals surface area (Å²) in [6.07, 6.45) is 6.78. The van der Waals surface area contributed by atoms with Crippen LogP contribution in [0.4, 0.5) is 0 Å². The lowest BCUT2D eigenvalue weighted by atomic mass is 10.2. The SMILES string of the molecule is C=C/C(=C\C=C/N)C(=C)S/C=C(/C)N. The van der Waals surface area contributed by atoms with E-state index in [9.17, 15) is 0 Å². The van der Waals surface area contributed by atoms with Gasteiger partial charge in [-0.3, -0.25) is 0 Å². The quantitative estimate of drug-likeness (QED) is 0.683. The Morgan fingerprint density at radius 2 is 2.07 bits per heavy atom. The van der Waals surface area contributed by atoms with Crippen LogP contribution in [0.3, 0.4) is 0 Å². The summed E-state index contributed by atoms with van der Waals surface area (Å²) in [6, 6.07) is 0. The van der Waals surface area contributed by atoms with Crippen LogP contribution in [-0.2, 0) is 0 Å². The first-order chi connectivity index (χ1) is 6.61. The predicted molar refractivity (Wildman–Crippen MR) is 66.3 cm³/mol. The average molecular weight is 208 g/mol. The molecule has 0 fully saturated rings. The van der Waals surface area contributed by atoms with Crippen molar-refractivity contribution >= 4 is 11.8 Å². The Morgan fingerprint density at radius 1 is 1.43 bits per heavy atom. The molecular weight excluding hydrogens is 192 g/mol. The van der Waals surface area contributed by atoms with Crippen LogP contribution in [0.25, 0.3) is 0 Å². The fourth-order valence-electron chi connectivity index (χ4n) is 0.666. The number of thioether (sulfide) groups is 1. The van der Waals surface area contributed by atoms with Gasteiger partial charge >= 0.3 is 0 Å². The molecule has 0 spiro atoms. The highest BCUT2D eigenvalue weighted by molar-refractivity contribution is 8.06. The summed E-state index contributed by atoms with van der Waals surface area (Å²) >= 11 is 1.47. The van der Waals surface area contributed by atoms with Gasteiger partial charge in [-0.1, -0.05) is 37.1 Å². The molecule has 0 amide bonds. The standard InChI is InChI=1S/C11H16N2S/c1-4-11(6-5-7-12)10(3)14-8-9(2)13/h4-8H,1,3,12-13H2,2H3/b7-5-,9-8-,11-6+. The first-order valence-corrected chi connectivity index (χ1v) is 4.99. The van der Waals surface area contributed by atoms with Crippen LogP contribution in [0.15, 0.2) is 59.2 Å². The third-order valence-corrected chi connectivity index (χ3v) is 2.33. The van der Waals surface area contributed by atoms with Gasteiger partial charge in [0.15, 0.2) is 0 Å². The minimum absolute atomic E-state index is 0.758. The lowest BCUT2D eigenvalue weighted by Gasteiger charge is -2.02. The van der Waals surface area contributed by atoms with Crippen LogP contribution in [0.5, 0.6) is 0 Å². The van der Waals surface area contributed by atoms with E-state index >= 15 is 0 Å². The molecule has 0 aromatic heterocycles. The van der Waals surface area contributed by atoms with Gasteiger partial charge in [0.1, 0.15) is 0 Å². The Morgan fingerprint density at radius 3 is 2.50 bits per heavy atom. The summed E-state index contributed by atoms with van der Waals surface area (Å²) in [5.74, 6) is 0. The molecule has 14 heavy (non-hydrogen) atoms. The van der Waals surface area contributed by atoms with Gasteiger partial charge in [-0.25, -0.2) is 0 Å². The van der Waals surface area contributed by atoms with Gasteiger partial charge in [0.2, 0.25) is 0 Å². The second-order valence-electron chi connectivity index (χ2n) is 2.61. The summed E-state index contributed by atoms with van der Waals surface area (Å²) < 4.78 is 0. The summed E-state index contributed by atoms with van der Waals surface area (Å²) in [4.78, 5) is 0.892. The van der Waals surface area contributed by atoms with Crippen molar-refractivity contribution in [2.45, 2.75) is 6.92 Å². The first kappa shape index (κ1) is 12.7. The Kier molecular flexibility index (Phi) is 6.41. The zero-order chi connectivity index (χ0) is 11.0. The Bertz CT molecular complexity index is 294. The van der Waals surface area contributed by atoms with Gasteiger partial charge < -0.3 is 11.5 Å². The second-order valence-corrected chi connectivity index (χ2v) is 3.58. The van der Waals surface area contributed by atoms with Crippen LogP contribution >= 0.6 is 11.8 Å². The maximum absolute atomic E-state index is 5.50. The van der Waals surface area contributed by atoms with E-state index in [1.165, 1.54) is 18.0 Å². The minimum Gasteiger partial charge on any atom is -0.405 e. The molecule has 0 aliphatic rings. The molecule has 0 aromatic carbocycles. The van der Waals surface area contributed by atoms with Gasteiger partial charge in [0.05, 0.1) is 0 Å². The van der Waals surface area contributed by atoms with Gasteiger partial charge in [0.25, 0.3) is 0 Å². The molecule has 4 N–H and O–H groups in total. The highest BCUT2D eigenvalue weighted by atomic mass is 32.2. The average Bonchev–Trinajstić information content (AvgIpc) is 2.16. The lowest BCUT2D eigenvalue weighted by Crippen LogP contribution is -1.88. The van der Waals surface area contributed by atoms with Crippen molar-refractivity contribution in [3.63, 3.8) is 0 Å². The maximum Gasteiger partial charge on any atom is 0.0117 e. The molecule has 0 aliphatic carbocycles. The Labute approximate surface area is 89.7 Å². The topological polar surface area (TPSA) is 52.0 Å². The van der Waals surface area contributed by atoms with Gasteiger partial charge in [-0.05, 0) is 30.2 Å². The highest BCUT2D eigenvalue weighted by Crippen LogP contribution is 2.24. The minimum atomic E-state index is 0.758. The van der Waals surface area contributed by atoms with Gasteiger partial charge in [-0.15, -0.1) is 0 Å². The van der Waals surface area contributed by atoms with Crippen molar-refractivity contribution in [3.05, 3.63) is 59.2 Å². The molecule has 0 bridgehead atoms. The highest BCUT2D eigenvalue weighted by Gasteiger charge is 1.96. The molecule has 0 aromatic rings. The molecule has 0 aliphatic heterocycles. The van der Waals surface area contributed by atoms with E-state index in [2.05, 4.69) is 13.2 Å². The van der Waals surface area contributed by atoms with Crippen molar-refractivity contribution < 1.29 is 0 Å². The van der Waals surface area contributed by atoms with Crippen molar-refractivity contribution in [2.75, 3.05) is 0 Å². The molecule has 2 nitrogen and oxygen atoms in total. The number of rotatable bonds is 5. The molecule has 0 atom stereocenters. The van der Waals surface area contributed by atoms with Gasteiger partial charge in [0, 0.05) is 10.6 Å². The fraction of sp³-hybridized carbons (Fsp3) is 0.0909. The molecular formula is C11H16N2S. The van der Waals surface area contributed by atoms with E-state index in [1.807, 2.05) is 18.4 Å². The molecule has 0 saturated carbocycles. The zero-order valence-electron chi connectivity index (χ0n) is 8.36. The smallest absolute Gasteiger partial charge is 0.0117 e. The summed E-state index contributed by atoms with van der Waals surface area (Å²) in [5.41, 5.74) is 12.4. The summed E-state index contributed by atoms with van der Waals surface area (Å²) in [5, 5.41) is 1.84. The van der Waals surface area contributed by atoms with Crippen LogP contribution in [-0.4, -0.2) is 0 Å². The molecule has 0 saturated heterocycles. The van der Waals surface area contributed by atoms with Gasteiger partial charge in [-0.2, -0.15) is 0 Å². The van der Waals surface area contributed by atoms with Crippen molar-refractivity contribution in [3.8, 4) is 0 Å². The second kappa shape index (κ2) is 7.09. The maximum atomic E-state index is 5.50. The molecule has 0 radical (unpaired) electrons. The third kappa shape index (κ3) is 5.32. The largest absolute Gasteiger partial charge is 0.405 e. The number of allylic oxidation sites excluding steroid dienone is 5. The number of nitrogens with two attached hydrogens (primary N) is 2. The normalized spacial score (nSPS) is 13.2. The van der Waals surface area contributed by atoms with E-state index < -0.39 is 0 Å². The summed E-state index contributed by atoms with van der Waals surface area (Å²) in [7, 11) is 0. The van der Waals surface area contributed by atoms with E-state index in [1.54, 1.807) is 12.2 Å². The van der Waals surface area contributed by atoms with Crippen LogP contribution in [0, 0.1) is 0 Å².